The molecule has 0 unspecified atom stereocenters. The van der Waals surface area contributed by atoms with Gasteiger partial charge in [-0.05, 0) is 29.5 Å². The summed E-state index contributed by atoms with van der Waals surface area (Å²) in [6.45, 7) is 7.91. The van der Waals surface area contributed by atoms with Crippen LogP contribution in [0.5, 0.6) is 5.75 Å². The van der Waals surface area contributed by atoms with Gasteiger partial charge in [-0.1, -0.05) is 32.9 Å². The van der Waals surface area contributed by atoms with Crippen LogP contribution in [0.4, 0.5) is 0 Å². The molecule has 0 heterocycles. The molecule has 1 aromatic carbocycles. The van der Waals surface area contributed by atoms with Gasteiger partial charge < -0.3 is 15.6 Å². The van der Waals surface area contributed by atoms with E-state index in [1.54, 1.807) is 7.11 Å². The molecule has 0 aliphatic rings. The Morgan fingerprint density at radius 1 is 1.28 bits per heavy atom. The highest BCUT2D eigenvalue weighted by molar-refractivity contribution is 5.85. The summed E-state index contributed by atoms with van der Waals surface area (Å²) in [6.07, 6.45) is -0.574. The highest BCUT2D eigenvalue weighted by Gasteiger charge is 2.29. The highest BCUT2D eigenvalue weighted by Crippen LogP contribution is 2.30. The first kappa shape index (κ1) is 17.2. The van der Waals surface area contributed by atoms with E-state index in [0.717, 1.165) is 16.9 Å². The lowest BCUT2D eigenvalue weighted by atomic mass is 9.82. The van der Waals surface area contributed by atoms with E-state index in [4.69, 9.17) is 10.5 Å². The molecule has 2 atom stereocenters. The van der Waals surface area contributed by atoms with Gasteiger partial charge in [0.25, 0.3) is 0 Å². The second-order valence-corrected chi connectivity index (χ2v) is 5.57. The Morgan fingerprint density at radius 3 is 2.22 bits per heavy atom. The van der Waals surface area contributed by atoms with E-state index in [2.05, 4.69) is 0 Å². The zero-order chi connectivity index (χ0) is 13.2. The van der Waals surface area contributed by atoms with Crippen LogP contribution in [0.15, 0.2) is 18.2 Å². The van der Waals surface area contributed by atoms with Gasteiger partial charge in [0.15, 0.2) is 0 Å². The number of halogens is 1. The van der Waals surface area contributed by atoms with Crippen molar-refractivity contribution in [3.05, 3.63) is 29.3 Å². The molecule has 1 aromatic rings. The van der Waals surface area contributed by atoms with Crippen molar-refractivity contribution in [2.45, 2.75) is 39.8 Å². The number of hydrogen-bond acceptors (Lipinski definition) is 3. The van der Waals surface area contributed by atoms with E-state index in [1.807, 2.05) is 45.9 Å². The molecule has 0 aliphatic heterocycles. The fourth-order valence-electron chi connectivity index (χ4n) is 1.83. The van der Waals surface area contributed by atoms with Crippen molar-refractivity contribution in [2.24, 2.45) is 11.1 Å². The van der Waals surface area contributed by atoms with Crippen LogP contribution in [0.3, 0.4) is 0 Å². The van der Waals surface area contributed by atoms with Crippen LogP contribution < -0.4 is 10.5 Å². The van der Waals surface area contributed by atoms with Crippen LogP contribution >= 0.6 is 12.4 Å². The van der Waals surface area contributed by atoms with Gasteiger partial charge in [-0.15, -0.1) is 12.4 Å². The first-order valence-electron chi connectivity index (χ1n) is 5.85. The molecule has 0 saturated heterocycles. The Hall–Kier alpha value is -0.770. The third-order valence-electron chi connectivity index (χ3n) is 3.03. The minimum Gasteiger partial charge on any atom is -0.496 e. The van der Waals surface area contributed by atoms with E-state index in [1.165, 1.54) is 0 Å². The van der Waals surface area contributed by atoms with E-state index >= 15 is 0 Å². The van der Waals surface area contributed by atoms with E-state index < -0.39 is 6.10 Å². The number of nitrogens with two attached hydrogens (primary N) is 1. The van der Waals surface area contributed by atoms with Crippen LogP contribution in [-0.4, -0.2) is 18.3 Å². The van der Waals surface area contributed by atoms with Crippen molar-refractivity contribution in [2.75, 3.05) is 7.11 Å². The number of rotatable bonds is 3. The number of aryl methyl sites for hydroxylation is 1. The zero-order valence-corrected chi connectivity index (χ0v) is 12.5. The molecule has 0 aromatic heterocycles. The minimum absolute atomic E-state index is 0. The lowest BCUT2D eigenvalue weighted by molar-refractivity contribution is 0.0401. The molecule has 104 valence electrons. The fraction of sp³-hybridized carbons (Fsp3) is 0.571. The number of methoxy groups -OCH3 is 1. The SMILES string of the molecule is COc1ccc([C@@H](N)[C@@H](O)C(C)(C)C)cc1C.Cl. The molecule has 0 radical (unpaired) electrons. The summed E-state index contributed by atoms with van der Waals surface area (Å²) in [5.74, 6) is 0.839. The van der Waals surface area contributed by atoms with Gasteiger partial charge >= 0.3 is 0 Å². The van der Waals surface area contributed by atoms with Gasteiger partial charge in [-0.2, -0.15) is 0 Å². The quantitative estimate of drug-likeness (QED) is 0.890. The summed E-state index contributed by atoms with van der Waals surface area (Å²) < 4.78 is 5.20. The Balaban J connectivity index is 0.00000289. The molecule has 3 nitrogen and oxygen atoms in total. The normalized spacial score (nSPS) is 14.6. The Labute approximate surface area is 116 Å². The predicted molar refractivity (Wildman–Crippen MR) is 77.4 cm³/mol. The molecular weight excluding hydrogens is 250 g/mol. The summed E-state index contributed by atoms with van der Waals surface area (Å²) in [7, 11) is 1.64. The molecule has 0 bridgehead atoms. The van der Waals surface area contributed by atoms with Crippen molar-refractivity contribution in [3.63, 3.8) is 0 Å². The number of ether oxygens (including phenoxy) is 1. The molecular formula is C14H24ClNO2. The maximum absolute atomic E-state index is 10.2. The smallest absolute Gasteiger partial charge is 0.121 e. The van der Waals surface area contributed by atoms with Gasteiger partial charge in [0.05, 0.1) is 19.3 Å². The molecule has 0 fully saturated rings. The standard InChI is InChI=1S/C14H23NO2.ClH/c1-9-8-10(6-7-11(9)17-5)12(15)13(16)14(2,3)4;/h6-8,12-13,16H,15H2,1-5H3;1H/t12-,13-;/m1./s1. The minimum atomic E-state index is -0.574. The van der Waals surface area contributed by atoms with Crippen LogP contribution in [0.1, 0.15) is 37.9 Å². The Kier molecular flexibility index (Phi) is 6.14. The number of hydrogen-bond donors (Lipinski definition) is 2. The van der Waals surface area contributed by atoms with Gasteiger partial charge in [-0.25, -0.2) is 0 Å². The Bertz CT molecular complexity index is 388. The number of aliphatic hydroxyl groups is 1. The van der Waals surface area contributed by atoms with E-state index in [-0.39, 0.29) is 23.9 Å². The van der Waals surface area contributed by atoms with E-state index in [0.29, 0.717) is 0 Å². The maximum Gasteiger partial charge on any atom is 0.121 e. The van der Waals surface area contributed by atoms with Gasteiger partial charge in [0.2, 0.25) is 0 Å². The molecule has 0 saturated carbocycles. The fourth-order valence-corrected chi connectivity index (χ4v) is 1.83. The second-order valence-electron chi connectivity index (χ2n) is 5.57. The number of benzene rings is 1. The maximum atomic E-state index is 10.2. The van der Waals surface area contributed by atoms with Crippen LogP contribution in [0.2, 0.25) is 0 Å². The zero-order valence-electron chi connectivity index (χ0n) is 11.7. The lowest BCUT2D eigenvalue weighted by Crippen LogP contribution is -2.36. The second kappa shape index (κ2) is 6.41. The van der Waals surface area contributed by atoms with E-state index in [9.17, 15) is 5.11 Å². The van der Waals surface area contributed by atoms with Crippen molar-refractivity contribution < 1.29 is 9.84 Å². The highest BCUT2D eigenvalue weighted by atomic mass is 35.5. The molecule has 0 aliphatic carbocycles. The third-order valence-corrected chi connectivity index (χ3v) is 3.03. The topological polar surface area (TPSA) is 55.5 Å². The van der Waals surface area contributed by atoms with Gasteiger partial charge in [0.1, 0.15) is 5.75 Å². The lowest BCUT2D eigenvalue weighted by Gasteiger charge is -2.31. The van der Waals surface area contributed by atoms with Crippen molar-refractivity contribution in [1.82, 2.24) is 0 Å². The summed E-state index contributed by atoms with van der Waals surface area (Å²) >= 11 is 0. The molecule has 0 amide bonds. The average Bonchev–Trinajstić information content (AvgIpc) is 2.25. The monoisotopic (exact) mass is 273 g/mol. The summed E-state index contributed by atoms with van der Waals surface area (Å²) in [6, 6.07) is 5.39. The number of aliphatic hydroxyl groups excluding tert-OH is 1. The molecule has 4 heteroatoms. The Morgan fingerprint density at radius 2 is 1.83 bits per heavy atom. The van der Waals surface area contributed by atoms with Crippen LogP contribution in [0.25, 0.3) is 0 Å². The van der Waals surface area contributed by atoms with Crippen LogP contribution in [0, 0.1) is 12.3 Å². The largest absolute Gasteiger partial charge is 0.496 e. The molecule has 0 spiro atoms. The third kappa shape index (κ3) is 3.87. The first-order chi connectivity index (χ1) is 7.77. The molecule has 3 N–H and O–H groups in total. The summed E-state index contributed by atoms with van der Waals surface area (Å²) in [5, 5.41) is 10.2. The van der Waals surface area contributed by atoms with Crippen molar-refractivity contribution >= 4 is 12.4 Å². The average molecular weight is 274 g/mol. The van der Waals surface area contributed by atoms with Crippen molar-refractivity contribution in [3.8, 4) is 5.75 Å². The first-order valence-corrected chi connectivity index (χ1v) is 5.85. The predicted octanol–water partition coefficient (Wildman–Crippen LogP) is 2.83. The van der Waals surface area contributed by atoms with Crippen LogP contribution in [-0.2, 0) is 0 Å². The molecule has 1 rings (SSSR count). The van der Waals surface area contributed by atoms with Crippen molar-refractivity contribution in [1.29, 1.82) is 0 Å². The van der Waals surface area contributed by atoms with Gasteiger partial charge in [0, 0.05) is 0 Å². The summed E-state index contributed by atoms with van der Waals surface area (Å²) in [5.41, 5.74) is 7.83. The summed E-state index contributed by atoms with van der Waals surface area (Å²) in [4.78, 5) is 0. The van der Waals surface area contributed by atoms with Gasteiger partial charge in [-0.3, -0.25) is 0 Å². The molecule has 18 heavy (non-hydrogen) atoms.